The van der Waals surface area contributed by atoms with Crippen molar-refractivity contribution in [3.05, 3.63) is 94.1 Å². The number of fused-ring (bicyclic) bond motifs is 2. The molecule has 0 spiro atoms. The van der Waals surface area contributed by atoms with Crippen LogP contribution in [0.25, 0.3) is 27.7 Å². The Morgan fingerprint density at radius 2 is 1.89 bits per heavy atom. The summed E-state index contributed by atoms with van der Waals surface area (Å²) in [5, 5.41) is 4.43. The third-order valence-corrected chi connectivity index (χ3v) is 5.30. The van der Waals surface area contributed by atoms with E-state index >= 15 is 0 Å². The Bertz CT molecular complexity index is 1660. The minimum Gasteiger partial charge on any atom is -0.460 e. The molecule has 0 unspecified atom stereocenters. The Hall–Kier alpha value is -4.90. The highest BCUT2D eigenvalue weighted by molar-refractivity contribution is 6.03. The highest BCUT2D eigenvalue weighted by Gasteiger charge is 2.17. The molecular weight excluding hydrogens is 442 g/mol. The summed E-state index contributed by atoms with van der Waals surface area (Å²) in [6, 6.07) is 16.9. The number of nitrogens with two attached hydrogens (primary N) is 2. The molecule has 3 aromatic heterocycles. The molecule has 0 fully saturated rings. The summed E-state index contributed by atoms with van der Waals surface area (Å²) in [7, 11) is 0. The zero-order valence-electron chi connectivity index (χ0n) is 19.3. The molecule has 0 atom stereocenters. The number of anilines is 1. The fourth-order valence-electron chi connectivity index (χ4n) is 3.81. The van der Waals surface area contributed by atoms with Crippen molar-refractivity contribution in [2.75, 3.05) is 5.73 Å². The van der Waals surface area contributed by atoms with E-state index in [1.54, 1.807) is 25.4 Å². The second-order valence-corrected chi connectivity index (χ2v) is 7.52. The lowest BCUT2D eigenvalue weighted by Crippen LogP contribution is -2.12. The summed E-state index contributed by atoms with van der Waals surface area (Å²) in [5.41, 5.74) is 14.0. The third-order valence-electron chi connectivity index (χ3n) is 5.30. The number of hydrogen-bond donors (Lipinski definition) is 2. The fraction of sp³-hybridized carbons (Fsp3) is 0.111. The van der Waals surface area contributed by atoms with Gasteiger partial charge in [0.1, 0.15) is 16.9 Å². The van der Waals surface area contributed by atoms with Crippen LogP contribution in [0.1, 0.15) is 35.5 Å². The van der Waals surface area contributed by atoms with Gasteiger partial charge in [-0.15, -0.1) is 11.0 Å². The molecule has 5 aromatic rings. The van der Waals surface area contributed by atoms with E-state index in [1.807, 2.05) is 55.5 Å². The van der Waals surface area contributed by atoms with Gasteiger partial charge in [-0.2, -0.15) is 0 Å². The number of nitrogen functional groups attached to an aromatic ring is 1. The van der Waals surface area contributed by atoms with Crippen molar-refractivity contribution in [3.63, 3.8) is 0 Å². The lowest BCUT2D eigenvalue weighted by Gasteiger charge is -2.09. The molecule has 0 aliphatic heterocycles. The van der Waals surface area contributed by atoms with E-state index in [1.165, 1.54) is 4.52 Å². The quantitative estimate of drug-likeness (QED) is 0.390. The molecule has 1 amide bonds. The van der Waals surface area contributed by atoms with Crippen molar-refractivity contribution in [3.8, 4) is 23.0 Å². The molecule has 2 aromatic carbocycles. The van der Waals surface area contributed by atoms with Crippen LogP contribution in [0.2, 0.25) is 0 Å². The Morgan fingerprint density at radius 3 is 2.57 bits per heavy atom. The van der Waals surface area contributed by atoms with Gasteiger partial charge in [0.05, 0.1) is 10.9 Å². The molecule has 0 aliphatic carbocycles. The first-order valence-corrected chi connectivity index (χ1v) is 10.9. The van der Waals surface area contributed by atoms with Crippen molar-refractivity contribution in [2.24, 2.45) is 5.73 Å². The molecule has 8 nitrogen and oxygen atoms in total. The first-order chi connectivity index (χ1) is 17.0. The summed E-state index contributed by atoms with van der Waals surface area (Å²) in [5.74, 6) is 6.06. The van der Waals surface area contributed by atoms with Crippen molar-refractivity contribution >= 4 is 28.3 Å². The zero-order chi connectivity index (χ0) is 24.9. The van der Waals surface area contributed by atoms with Gasteiger partial charge in [0.15, 0.2) is 11.5 Å². The SMILES string of the molecule is CC#Cc1cccc2oc(CC)c(-c3ccccc3)c(=O)c12.NC(=O)c1c(N)nn2cccnc12. The maximum absolute atomic E-state index is 13.1. The van der Waals surface area contributed by atoms with Gasteiger partial charge in [0, 0.05) is 24.4 Å². The van der Waals surface area contributed by atoms with E-state index in [9.17, 15) is 9.59 Å². The van der Waals surface area contributed by atoms with Crippen LogP contribution >= 0.6 is 0 Å². The molecule has 0 aliphatic rings. The minimum absolute atomic E-state index is 0.0114. The van der Waals surface area contributed by atoms with Crippen molar-refractivity contribution in [2.45, 2.75) is 20.3 Å². The fourth-order valence-corrected chi connectivity index (χ4v) is 3.81. The molecule has 0 radical (unpaired) electrons. The second-order valence-electron chi connectivity index (χ2n) is 7.52. The van der Waals surface area contributed by atoms with Gasteiger partial charge < -0.3 is 15.9 Å². The summed E-state index contributed by atoms with van der Waals surface area (Å²) in [6.45, 7) is 3.76. The number of nitrogens with zero attached hydrogens (tertiary/aromatic N) is 3. The number of aryl methyl sites for hydroxylation is 1. The van der Waals surface area contributed by atoms with E-state index in [0.717, 1.165) is 5.56 Å². The van der Waals surface area contributed by atoms with Crippen LogP contribution in [0, 0.1) is 11.8 Å². The Labute approximate surface area is 201 Å². The minimum atomic E-state index is -0.619. The van der Waals surface area contributed by atoms with Crippen LogP contribution in [0.3, 0.4) is 0 Å². The average molecular weight is 466 g/mol. The Balaban J connectivity index is 0.000000189. The third kappa shape index (κ3) is 4.48. The molecule has 0 saturated carbocycles. The number of benzene rings is 2. The molecule has 35 heavy (non-hydrogen) atoms. The largest absolute Gasteiger partial charge is 0.460 e. The lowest BCUT2D eigenvalue weighted by molar-refractivity contribution is 0.100. The van der Waals surface area contributed by atoms with E-state index < -0.39 is 5.91 Å². The van der Waals surface area contributed by atoms with Crippen LogP contribution in [-0.2, 0) is 6.42 Å². The zero-order valence-corrected chi connectivity index (χ0v) is 19.3. The van der Waals surface area contributed by atoms with Crippen LogP contribution < -0.4 is 16.9 Å². The number of carbonyl (C=O) groups is 1. The van der Waals surface area contributed by atoms with E-state index in [2.05, 4.69) is 21.9 Å². The molecule has 4 N–H and O–H groups in total. The number of carbonyl (C=O) groups excluding carboxylic acids is 1. The maximum atomic E-state index is 13.1. The number of rotatable bonds is 3. The maximum Gasteiger partial charge on any atom is 0.256 e. The molecule has 5 rings (SSSR count). The van der Waals surface area contributed by atoms with Crippen LogP contribution in [0.4, 0.5) is 5.82 Å². The molecular formula is C27H23N5O3. The first-order valence-electron chi connectivity index (χ1n) is 10.9. The van der Waals surface area contributed by atoms with E-state index in [4.69, 9.17) is 15.9 Å². The molecule has 8 heteroatoms. The summed E-state index contributed by atoms with van der Waals surface area (Å²) in [4.78, 5) is 28.0. The lowest BCUT2D eigenvalue weighted by atomic mass is 9.99. The average Bonchev–Trinajstić information content (AvgIpc) is 3.21. The van der Waals surface area contributed by atoms with Gasteiger partial charge in [-0.3, -0.25) is 9.59 Å². The van der Waals surface area contributed by atoms with Crippen LogP contribution in [-0.4, -0.2) is 20.5 Å². The van der Waals surface area contributed by atoms with Gasteiger partial charge in [-0.25, -0.2) is 9.50 Å². The van der Waals surface area contributed by atoms with Crippen LogP contribution in [0.5, 0.6) is 0 Å². The Kier molecular flexibility index (Phi) is 6.60. The monoisotopic (exact) mass is 465 g/mol. The second kappa shape index (κ2) is 9.93. The molecule has 0 saturated heterocycles. The molecule has 3 heterocycles. The smallest absolute Gasteiger partial charge is 0.256 e. The predicted molar refractivity (Wildman–Crippen MR) is 136 cm³/mol. The van der Waals surface area contributed by atoms with Crippen molar-refractivity contribution in [1.29, 1.82) is 0 Å². The van der Waals surface area contributed by atoms with Gasteiger partial charge in [0.2, 0.25) is 5.43 Å². The summed E-state index contributed by atoms with van der Waals surface area (Å²) < 4.78 is 7.41. The van der Waals surface area contributed by atoms with Crippen molar-refractivity contribution in [1.82, 2.24) is 14.6 Å². The number of primary amides is 1. The normalized spacial score (nSPS) is 10.3. The molecule has 0 bridgehead atoms. The summed E-state index contributed by atoms with van der Waals surface area (Å²) in [6.07, 6.45) is 3.85. The number of hydrogen-bond acceptors (Lipinski definition) is 6. The first kappa shape index (κ1) is 23.3. The highest BCUT2D eigenvalue weighted by Crippen LogP contribution is 2.26. The standard InChI is InChI=1S/C20H16O2.C7H7N5O/c1-3-9-14-12-8-13-17-19(14)20(21)18(16(4-2)22-17)15-10-6-5-7-11-15;8-5-4(6(9)13)7-10-2-1-3-12(7)11-5/h5-8,10-13H,4H2,1-2H3;1-3H,(H2,8,11)(H2,9,13). The summed E-state index contributed by atoms with van der Waals surface area (Å²) >= 11 is 0. The van der Waals surface area contributed by atoms with E-state index in [0.29, 0.717) is 39.9 Å². The number of amides is 1. The predicted octanol–water partition coefficient (Wildman–Crippen LogP) is 3.80. The van der Waals surface area contributed by atoms with Crippen molar-refractivity contribution < 1.29 is 9.21 Å². The Morgan fingerprint density at radius 1 is 1.11 bits per heavy atom. The van der Waals surface area contributed by atoms with Gasteiger partial charge >= 0.3 is 0 Å². The highest BCUT2D eigenvalue weighted by atomic mass is 16.3. The van der Waals surface area contributed by atoms with Gasteiger partial charge in [-0.05, 0) is 30.7 Å². The topological polar surface area (TPSA) is 130 Å². The van der Waals surface area contributed by atoms with Crippen LogP contribution in [0.15, 0.2) is 76.2 Å². The van der Waals surface area contributed by atoms with E-state index in [-0.39, 0.29) is 16.8 Å². The molecule has 174 valence electrons. The van der Waals surface area contributed by atoms with Gasteiger partial charge in [-0.1, -0.05) is 49.2 Å². The number of aromatic nitrogens is 3. The van der Waals surface area contributed by atoms with Gasteiger partial charge in [0.25, 0.3) is 5.91 Å².